The lowest BCUT2D eigenvalue weighted by Gasteiger charge is -2.35. The first-order valence-electron chi connectivity index (χ1n) is 7.23. The molecule has 1 aromatic heterocycles. The smallest absolute Gasteiger partial charge is 0.244 e. The standard InChI is InChI=1S/C13H23N5O/c1-9-7-18(8-10(2)14-9)13-15-12(16-17-13)11-3-5-19-6-4-11/h9-11,14H,3-8H2,1-2H3,(H,15,16,17). The van der Waals surface area contributed by atoms with E-state index in [9.17, 15) is 0 Å². The number of piperazine rings is 1. The molecule has 2 atom stereocenters. The molecule has 19 heavy (non-hydrogen) atoms. The highest BCUT2D eigenvalue weighted by molar-refractivity contribution is 5.31. The number of rotatable bonds is 2. The number of hydrogen-bond donors (Lipinski definition) is 2. The van der Waals surface area contributed by atoms with E-state index in [0.29, 0.717) is 18.0 Å². The molecule has 0 spiro atoms. The van der Waals surface area contributed by atoms with Crippen LogP contribution in [0.5, 0.6) is 0 Å². The highest BCUT2D eigenvalue weighted by atomic mass is 16.5. The van der Waals surface area contributed by atoms with Gasteiger partial charge in [-0.1, -0.05) is 0 Å². The van der Waals surface area contributed by atoms with E-state index in [2.05, 4.69) is 34.3 Å². The van der Waals surface area contributed by atoms with Gasteiger partial charge in [0, 0.05) is 44.3 Å². The van der Waals surface area contributed by atoms with Gasteiger partial charge in [-0.25, -0.2) is 0 Å². The molecule has 2 aliphatic rings. The van der Waals surface area contributed by atoms with Gasteiger partial charge in [-0.2, -0.15) is 4.98 Å². The Balaban J connectivity index is 1.69. The fraction of sp³-hybridized carbons (Fsp3) is 0.846. The molecule has 2 saturated heterocycles. The Morgan fingerprint density at radius 2 is 1.84 bits per heavy atom. The second kappa shape index (κ2) is 5.46. The van der Waals surface area contributed by atoms with Gasteiger partial charge in [-0.05, 0) is 26.7 Å². The van der Waals surface area contributed by atoms with Gasteiger partial charge in [0.2, 0.25) is 5.95 Å². The number of nitrogens with zero attached hydrogens (tertiary/aromatic N) is 3. The molecule has 3 heterocycles. The first kappa shape index (κ1) is 12.9. The van der Waals surface area contributed by atoms with Crippen molar-refractivity contribution in [2.45, 2.75) is 44.7 Å². The Hall–Kier alpha value is -1.14. The zero-order chi connectivity index (χ0) is 13.2. The normalized spacial score (nSPS) is 29.7. The third-order valence-corrected chi connectivity index (χ3v) is 3.94. The lowest BCUT2D eigenvalue weighted by atomic mass is 10.00. The van der Waals surface area contributed by atoms with E-state index in [1.54, 1.807) is 0 Å². The Morgan fingerprint density at radius 1 is 1.16 bits per heavy atom. The molecular formula is C13H23N5O. The quantitative estimate of drug-likeness (QED) is 0.831. The zero-order valence-electron chi connectivity index (χ0n) is 11.7. The van der Waals surface area contributed by atoms with Gasteiger partial charge in [0.15, 0.2) is 0 Å². The van der Waals surface area contributed by atoms with Crippen LogP contribution in [-0.4, -0.2) is 53.6 Å². The van der Waals surface area contributed by atoms with Crippen LogP contribution in [0.2, 0.25) is 0 Å². The van der Waals surface area contributed by atoms with Crippen LogP contribution in [0.25, 0.3) is 0 Å². The third kappa shape index (κ3) is 2.90. The molecule has 2 aliphatic heterocycles. The molecule has 2 N–H and O–H groups in total. The predicted octanol–water partition coefficient (Wildman–Crippen LogP) is 0.885. The number of H-pyrrole nitrogens is 1. The van der Waals surface area contributed by atoms with Gasteiger partial charge < -0.3 is 15.0 Å². The van der Waals surface area contributed by atoms with E-state index in [-0.39, 0.29) is 0 Å². The van der Waals surface area contributed by atoms with Crippen molar-refractivity contribution in [3.05, 3.63) is 5.82 Å². The maximum atomic E-state index is 5.39. The predicted molar refractivity (Wildman–Crippen MR) is 73.4 cm³/mol. The Bertz CT molecular complexity index is 405. The van der Waals surface area contributed by atoms with Crippen LogP contribution >= 0.6 is 0 Å². The van der Waals surface area contributed by atoms with E-state index < -0.39 is 0 Å². The summed E-state index contributed by atoms with van der Waals surface area (Å²) in [7, 11) is 0. The molecule has 0 radical (unpaired) electrons. The lowest BCUT2D eigenvalue weighted by molar-refractivity contribution is 0.0836. The summed E-state index contributed by atoms with van der Waals surface area (Å²) >= 11 is 0. The highest BCUT2D eigenvalue weighted by Gasteiger charge is 2.25. The topological polar surface area (TPSA) is 66.1 Å². The Morgan fingerprint density at radius 3 is 2.53 bits per heavy atom. The summed E-state index contributed by atoms with van der Waals surface area (Å²) in [5.74, 6) is 2.35. The fourth-order valence-electron chi connectivity index (χ4n) is 3.05. The maximum absolute atomic E-state index is 5.39. The largest absolute Gasteiger partial charge is 0.381 e. The maximum Gasteiger partial charge on any atom is 0.244 e. The van der Waals surface area contributed by atoms with Crippen LogP contribution in [0.15, 0.2) is 0 Å². The van der Waals surface area contributed by atoms with E-state index in [1.807, 2.05) is 0 Å². The molecule has 0 aliphatic carbocycles. The number of anilines is 1. The summed E-state index contributed by atoms with van der Waals surface area (Å²) in [6.07, 6.45) is 2.09. The van der Waals surface area contributed by atoms with Gasteiger partial charge in [0.1, 0.15) is 5.82 Å². The van der Waals surface area contributed by atoms with Gasteiger partial charge in [0.25, 0.3) is 0 Å². The number of nitrogens with one attached hydrogen (secondary N) is 2. The molecule has 2 fully saturated rings. The van der Waals surface area contributed by atoms with Gasteiger partial charge in [-0.15, -0.1) is 5.10 Å². The molecule has 0 aromatic carbocycles. The molecule has 3 rings (SSSR count). The zero-order valence-corrected chi connectivity index (χ0v) is 11.7. The summed E-state index contributed by atoms with van der Waals surface area (Å²) < 4.78 is 5.39. The molecule has 6 heteroatoms. The molecule has 6 nitrogen and oxygen atoms in total. The summed E-state index contributed by atoms with van der Waals surface area (Å²) in [5, 5.41) is 11.1. The Kier molecular flexibility index (Phi) is 3.70. The van der Waals surface area contributed by atoms with Gasteiger partial charge >= 0.3 is 0 Å². The van der Waals surface area contributed by atoms with Crippen LogP contribution in [0, 0.1) is 0 Å². The van der Waals surface area contributed by atoms with Crippen LogP contribution in [0.3, 0.4) is 0 Å². The molecular weight excluding hydrogens is 242 g/mol. The van der Waals surface area contributed by atoms with Crippen LogP contribution in [-0.2, 0) is 4.74 Å². The molecule has 0 amide bonds. The van der Waals surface area contributed by atoms with E-state index in [1.165, 1.54) is 0 Å². The highest BCUT2D eigenvalue weighted by Crippen LogP contribution is 2.25. The summed E-state index contributed by atoms with van der Waals surface area (Å²) in [6, 6.07) is 0.961. The number of ether oxygens (including phenoxy) is 1. The van der Waals surface area contributed by atoms with Crippen molar-refractivity contribution in [1.29, 1.82) is 0 Å². The van der Waals surface area contributed by atoms with E-state index in [0.717, 1.165) is 50.9 Å². The molecule has 0 saturated carbocycles. The second-order valence-corrected chi connectivity index (χ2v) is 5.78. The van der Waals surface area contributed by atoms with E-state index in [4.69, 9.17) is 9.72 Å². The van der Waals surface area contributed by atoms with Crippen molar-refractivity contribution in [2.75, 3.05) is 31.2 Å². The molecule has 1 aromatic rings. The molecule has 0 bridgehead atoms. The van der Waals surface area contributed by atoms with Crippen LogP contribution < -0.4 is 10.2 Å². The number of hydrogen-bond acceptors (Lipinski definition) is 5. The van der Waals surface area contributed by atoms with Crippen molar-refractivity contribution in [2.24, 2.45) is 0 Å². The summed E-state index contributed by atoms with van der Waals surface area (Å²) in [5.41, 5.74) is 0. The monoisotopic (exact) mass is 265 g/mol. The van der Waals surface area contributed by atoms with Crippen molar-refractivity contribution in [1.82, 2.24) is 20.5 Å². The number of aromatic nitrogens is 3. The van der Waals surface area contributed by atoms with E-state index >= 15 is 0 Å². The fourth-order valence-corrected chi connectivity index (χ4v) is 3.05. The van der Waals surface area contributed by atoms with Crippen LogP contribution in [0.1, 0.15) is 38.4 Å². The second-order valence-electron chi connectivity index (χ2n) is 5.78. The third-order valence-electron chi connectivity index (χ3n) is 3.94. The minimum atomic E-state index is 0.479. The molecule has 106 valence electrons. The first-order chi connectivity index (χ1) is 9.22. The Labute approximate surface area is 113 Å². The minimum absolute atomic E-state index is 0.479. The van der Waals surface area contributed by atoms with Crippen molar-refractivity contribution in [3.63, 3.8) is 0 Å². The van der Waals surface area contributed by atoms with Crippen molar-refractivity contribution >= 4 is 5.95 Å². The van der Waals surface area contributed by atoms with Crippen molar-refractivity contribution in [3.8, 4) is 0 Å². The summed E-state index contributed by atoms with van der Waals surface area (Å²) in [6.45, 7) is 8.01. The minimum Gasteiger partial charge on any atom is -0.381 e. The average Bonchev–Trinajstić information content (AvgIpc) is 2.88. The summed E-state index contributed by atoms with van der Waals surface area (Å²) in [4.78, 5) is 6.97. The average molecular weight is 265 g/mol. The van der Waals surface area contributed by atoms with Crippen molar-refractivity contribution < 1.29 is 4.74 Å². The lowest BCUT2D eigenvalue weighted by Crippen LogP contribution is -2.54. The molecule has 2 unspecified atom stereocenters. The van der Waals surface area contributed by atoms with Crippen LogP contribution in [0.4, 0.5) is 5.95 Å². The SMILES string of the molecule is CC1CN(c2n[nH]c(C3CCOCC3)n2)CC(C)N1. The van der Waals surface area contributed by atoms with Gasteiger partial charge in [0.05, 0.1) is 0 Å². The number of aromatic amines is 1. The first-order valence-corrected chi connectivity index (χ1v) is 7.23. The van der Waals surface area contributed by atoms with Gasteiger partial charge in [-0.3, -0.25) is 5.10 Å².